The lowest BCUT2D eigenvalue weighted by Crippen LogP contribution is -2.81. The van der Waals surface area contributed by atoms with Gasteiger partial charge in [0.1, 0.15) is 58.6 Å². The number of aliphatic hydroxyl groups is 7. The van der Waals surface area contributed by atoms with Crippen molar-refractivity contribution >= 4 is 106 Å². The van der Waals surface area contributed by atoms with E-state index in [4.69, 9.17) is 66.6 Å². The summed E-state index contributed by atoms with van der Waals surface area (Å²) >= 11 is 11.2. The number of benzene rings is 4. The maximum atomic E-state index is 15.3. The lowest BCUT2D eigenvalue weighted by molar-refractivity contribution is -0.247. The van der Waals surface area contributed by atoms with Gasteiger partial charge >= 0.3 is 25.6 Å². The van der Waals surface area contributed by atoms with Crippen molar-refractivity contribution in [1.29, 1.82) is 0 Å². The summed E-state index contributed by atoms with van der Waals surface area (Å²) in [6.45, 7) is 14.2. The van der Waals surface area contributed by atoms with Crippen LogP contribution in [-0.2, 0) is 94.8 Å². The van der Waals surface area contributed by atoms with Crippen molar-refractivity contribution in [2.75, 3.05) is 117 Å². The van der Waals surface area contributed by atoms with Crippen molar-refractivity contribution in [3.63, 3.8) is 0 Å². The van der Waals surface area contributed by atoms with Gasteiger partial charge in [-0.2, -0.15) is 0 Å². The summed E-state index contributed by atoms with van der Waals surface area (Å²) in [5, 5.41) is 103. The first-order chi connectivity index (χ1) is 66.1. The van der Waals surface area contributed by atoms with E-state index in [0.29, 0.717) is 144 Å². The minimum absolute atomic E-state index is 0.0173. The van der Waals surface area contributed by atoms with Crippen LogP contribution in [0.4, 0.5) is 5.69 Å². The molecule has 8 heterocycles. The first kappa shape index (κ1) is 103. The molecular formula is C101H126Cl2N7O28P. The number of H-pyrrole nitrogens is 1. The number of Topliss-reactive ketones (excluding diaryl/α,β-unsaturated/α-hetero) is 3. The quantitative estimate of drug-likeness (QED) is 0.00685. The molecule has 4 saturated heterocycles. The number of carbonyl (C=O) groups excluding carboxylic acids is 10. The average Bonchev–Trinajstić information content (AvgIpc) is 1.48. The molecule has 8 fully saturated rings. The second kappa shape index (κ2) is 38.9. The van der Waals surface area contributed by atoms with Gasteiger partial charge in [-0.15, -0.1) is 23.2 Å². The topological polar surface area (TPSA) is 510 Å². The SMILES string of the molecule is CC[C@]1(O)C[C@H]2C[N@](CCc3c([nH]c4ccccc34)[C@@](C(=O)OC)(c3cc4c(cc3OC)N(C=O)[C@H]3[C@@](O)(C(=O)OC)[C@H](OC(C)=O)[C@]5(CC)C=CCN6CC[C@]43[C@@H]65)C2)C1.COc1cccc2c1C(=O)c1c(O)c3c(c(O)c1C2=O)C[C@@](O)(C(=O)CO)C[C@@H]3O[C@H]1C[C@H](N)[C@H](O)[C@H](C)O1.C[C@]12C=CC(=O)C=C1CC[C@@H]1[C@@H]2C(=O)C[C@@]2(C)[C@H]1CC[C@]2(O)C(=O)CO.O=P1(N(CCCl)CCCl)NCCCO1. The third-order valence-corrected chi connectivity index (χ3v) is 35.9. The van der Waals surface area contributed by atoms with Crippen LogP contribution in [0.1, 0.15) is 196 Å². The van der Waals surface area contributed by atoms with Gasteiger partial charge in [-0.3, -0.25) is 57.5 Å². The van der Waals surface area contributed by atoms with E-state index in [-0.39, 0.29) is 82.5 Å². The number of phenolic OH excluding ortho intramolecular Hbond substituents is 2. The van der Waals surface area contributed by atoms with Crippen molar-refractivity contribution in [3.05, 3.63) is 146 Å². The van der Waals surface area contributed by atoms with E-state index in [2.05, 4.69) is 25.9 Å². The Morgan fingerprint density at radius 3 is 2.15 bits per heavy atom. The van der Waals surface area contributed by atoms with Crippen molar-refractivity contribution in [2.45, 2.75) is 220 Å². The summed E-state index contributed by atoms with van der Waals surface area (Å²) in [4.78, 5) is 143. The van der Waals surface area contributed by atoms with E-state index in [1.54, 1.807) is 29.8 Å². The number of anilines is 1. The summed E-state index contributed by atoms with van der Waals surface area (Å²) in [6, 6.07) is 13.6. The Balaban J connectivity index is 0.000000150. The van der Waals surface area contributed by atoms with Gasteiger partial charge in [0.2, 0.25) is 17.8 Å². The number of hydrogen-bond acceptors (Lipinski definition) is 31. The lowest BCUT2D eigenvalue weighted by Gasteiger charge is -2.63. The minimum Gasteiger partial charge on any atom is -0.507 e. The third-order valence-electron chi connectivity index (χ3n) is 33.3. The number of aliphatic hydroxyl groups excluding tert-OH is 3. The number of para-hydroxylation sites is 1. The fraction of sp³-hybridized carbons (Fsp3) is 0.584. The first-order valence-corrected chi connectivity index (χ1v) is 50.4. The van der Waals surface area contributed by atoms with Gasteiger partial charge in [0, 0.05) is 175 Å². The molecule has 13 N–H and O–H groups in total. The second-order valence-electron chi connectivity index (χ2n) is 40.2. The number of fused-ring (bicyclic) bond motifs is 14. The number of phenols is 2. The van der Waals surface area contributed by atoms with Gasteiger partial charge in [-0.25, -0.2) is 14.6 Å². The van der Waals surface area contributed by atoms with Crippen LogP contribution in [0.5, 0.6) is 23.0 Å². The maximum absolute atomic E-state index is 15.3. The van der Waals surface area contributed by atoms with Crippen molar-refractivity contribution in [2.24, 2.45) is 45.7 Å². The van der Waals surface area contributed by atoms with Crippen LogP contribution in [0.3, 0.4) is 0 Å². The number of aromatic amines is 1. The molecule has 7 aliphatic heterocycles. The number of halogens is 2. The molecule has 0 radical (unpaired) electrons. The molecule has 35 nitrogen and oxygen atoms in total. The van der Waals surface area contributed by atoms with E-state index < -0.39 is 196 Å². The number of allylic oxidation sites excluding steroid dienone is 4. The highest BCUT2D eigenvalue weighted by atomic mass is 35.5. The maximum Gasteiger partial charge on any atom is 0.344 e. The van der Waals surface area contributed by atoms with Crippen LogP contribution in [0.2, 0.25) is 0 Å². The summed E-state index contributed by atoms with van der Waals surface area (Å²) < 4.78 is 59.9. The Morgan fingerprint density at radius 1 is 0.791 bits per heavy atom. The molecule has 19 rings (SSSR count). The number of piperidine rings is 1. The minimum atomic E-state index is -2.84. The molecule has 5 aromatic rings. The van der Waals surface area contributed by atoms with Gasteiger partial charge in [-0.05, 0) is 143 Å². The largest absolute Gasteiger partial charge is 0.507 e. The summed E-state index contributed by atoms with van der Waals surface area (Å²) in [6.07, 6.45) is 9.42. The lowest BCUT2D eigenvalue weighted by atomic mass is 9.46. The van der Waals surface area contributed by atoms with Gasteiger partial charge in [-0.1, -0.05) is 81.8 Å². The number of alkyl halides is 2. The van der Waals surface area contributed by atoms with Gasteiger partial charge in [0.15, 0.2) is 35.5 Å². The smallest absolute Gasteiger partial charge is 0.344 e. The molecule has 38 heteroatoms. The van der Waals surface area contributed by atoms with Crippen LogP contribution in [-0.4, -0.2) is 302 Å². The Kier molecular flexibility index (Phi) is 28.8. The van der Waals surface area contributed by atoms with E-state index in [0.717, 1.165) is 47.8 Å². The first-order valence-electron chi connectivity index (χ1n) is 47.8. The van der Waals surface area contributed by atoms with Crippen LogP contribution < -0.4 is 25.2 Å². The predicted molar refractivity (Wildman–Crippen MR) is 506 cm³/mol. The summed E-state index contributed by atoms with van der Waals surface area (Å²) in [5.41, 5.74) is -2.64. The van der Waals surface area contributed by atoms with Crippen LogP contribution in [0, 0.1) is 39.9 Å². The molecule has 23 atom stereocenters. The number of rotatable bonds is 20. The van der Waals surface area contributed by atoms with E-state index in [1.807, 2.05) is 70.2 Å². The molecule has 1 unspecified atom stereocenters. The highest BCUT2D eigenvalue weighted by Gasteiger charge is 2.81. The summed E-state index contributed by atoms with van der Waals surface area (Å²) in [7, 11) is 2.57. The fourth-order valence-electron chi connectivity index (χ4n) is 27.0. The zero-order chi connectivity index (χ0) is 100. The van der Waals surface area contributed by atoms with Crippen LogP contribution >= 0.6 is 30.9 Å². The molecular weight excluding hydrogens is 1860 g/mol. The zero-order valence-corrected chi connectivity index (χ0v) is 82.1. The average molecular weight is 1990 g/mol. The molecule has 7 aliphatic carbocycles. The summed E-state index contributed by atoms with van der Waals surface area (Å²) in [5.74, 6) is -5.58. The number of nitrogens with one attached hydrogen (secondary N) is 2. The number of aromatic nitrogens is 1. The number of aromatic hydroxyl groups is 2. The normalized spacial score (nSPS) is 35.8. The monoisotopic (exact) mass is 1990 g/mol. The zero-order valence-electron chi connectivity index (χ0n) is 79.7. The van der Waals surface area contributed by atoms with Crippen molar-refractivity contribution < 1.29 is 136 Å². The number of ether oxygens (including phenoxy) is 7. The molecule has 1 amide bonds. The molecule has 139 heavy (non-hydrogen) atoms. The number of methoxy groups -OCH3 is 4. The number of hydrogen-bond donors (Lipinski definition) is 12. The molecule has 752 valence electrons. The van der Waals surface area contributed by atoms with E-state index in [1.165, 1.54) is 58.5 Å². The van der Waals surface area contributed by atoms with Crippen molar-refractivity contribution in [1.82, 2.24) is 24.5 Å². The Hall–Kier alpha value is -9.05. The molecule has 1 aromatic heterocycles. The second-order valence-corrected chi connectivity index (χ2v) is 43.2. The van der Waals surface area contributed by atoms with Crippen LogP contribution in [0.25, 0.3) is 10.9 Å². The number of nitrogens with two attached hydrogens (primary N) is 1. The molecule has 14 aliphatic rings. The van der Waals surface area contributed by atoms with Gasteiger partial charge < -0.3 is 99.3 Å². The van der Waals surface area contributed by atoms with E-state index >= 15 is 4.79 Å². The molecule has 2 bridgehead atoms. The highest BCUT2D eigenvalue weighted by Crippen LogP contribution is 2.71. The van der Waals surface area contributed by atoms with E-state index in [9.17, 15) is 93.7 Å². The number of carbonyl (C=O) groups is 10. The van der Waals surface area contributed by atoms with Gasteiger partial charge in [0.05, 0.1) is 87.4 Å². The number of esters is 3. The fourth-order valence-corrected chi connectivity index (χ4v) is 29.7. The Bertz CT molecular complexity index is 5880. The third kappa shape index (κ3) is 16.4. The van der Waals surface area contributed by atoms with Crippen molar-refractivity contribution in [3.8, 4) is 23.0 Å². The van der Waals surface area contributed by atoms with Crippen LogP contribution in [0.15, 0.2) is 90.6 Å². The molecule has 4 aromatic carbocycles. The standard InChI is InChI=1S/C46H56N4O10.C27H29NO11.C21H26O5.C7H15Cl2N2O2P/c1-7-42(55)22-28-23-45(40(53)58-5,36-30(14-18-48(24-28)25-42)29-12-9-10-13-33(29)47-36)32-20-31-34(21-35(32)57-4)50(26-51)38-44(31)16-19-49-17-11-15-43(8-2,37(44)49)39(60-27(3)52)46(38,56)41(54)59-6;1-10-22(31)13(28)6-17(38-10)39-15-8-27(36,16(30)9-29)7-12-19(15)26(35)21-20(24(12)33)23(32)11-4-3-5-14(37-2)18(11)25(21)34;1-19-7-5-13(23)9-12(19)3-4-14-15-6-8-21(26,17(25)11-22)20(15,2)10-16(24)18(14)19;8-2-5-11(6-3-9)14(12)10-4-1-7-13-14/h9-13,15,20-21,26,28,37-39,47,55-56H,7-8,14,16-19,22-25H2,1-6H3;3-5,10,13,15,17,22,29,31,33,35-36H,6-9,28H2,1-2H3;5,7,9,14-15,18,22,26H,3-4,6,8,10-11H2,1-2H3;1-7H2,(H,10,12)/t28-,37+,38-,39-,42+,43-,44-,45+,46+;10-,13-,15-,17-,22+,27-;14-,15-,18+,19-,20-,21-;/m100./s1. The van der Waals surface area contributed by atoms with Gasteiger partial charge in [0.25, 0.3) is 0 Å². The number of ketones is 6. The highest BCUT2D eigenvalue weighted by molar-refractivity contribution is 7.54. The molecule has 4 saturated carbocycles. The Morgan fingerprint density at radius 2 is 1.50 bits per heavy atom. The molecule has 1 spiro atoms. The Labute approximate surface area is 814 Å². The number of nitrogens with zero attached hydrogens (tertiary/aromatic N) is 4. The number of amides is 1. The predicted octanol–water partition coefficient (Wildman–Crippen LogP) is 7.17.